The lowest BCUT2D eigenvalue weighted by Crippen LogP contribution is -2.44. The van der Waals surface area contributed by atoms with Crippen molar-refractivity contribution in [3.63, 3.8) is 0 Å². The number of alkyl halides is 1. The SMILES string of the molecule is CC[C@@]1(N=[N+]=[N-])O[C@@H](n2ccc(O[Si](C)(C)C(C)(C)C)nc2=O)[C@@H](F)[C@@H]1OC(=O)c1ccccc1. The molecule has 1 aromatic heterocycles. The van der Waals surface area contributed by atoms with Crippen LogP contribution in [0.3, 0.4) is 0 Å². The maximum atomic E-state index is 15.7. The largest absolute Gasteiger partial charge is 0.530 e. The Morgan fingerprint density at radius 1 is 1.31 bits per heavy atom. The van der Waals surface area contributed by atoms with Crippen LogP contribution in [0.1, 0.15) is 50.7 Å². The molecule has 188 valence electrons. The molecule has 1 fully saturated rings. The first-order valence-corrected chi connectivity index (χ1v) is 14.2. The van der Waals surface area contributed by atoms with Crippen LogP contribution in [0, 0.1) is 0 Å². The summed E-state index contributed by atoms with van der Waals surface area (Å²) in [5.41, 5.74) is 6.66. The molecule has 0 unspecified atom stereocenters. The van der Waals surface area contributed by atoms with Gasteiger partial charge in [0.25, 0.3) is 8.32 Å². The van der Waals surface area contributed by atoms with Crippen molar-refractivity contribution < 1.29 is 23.1 Å². The molecule has 10 nitrogen and oxygen atoms in total. The van der Waals surface area contributed by atoms with Crippen LogP contribution in [0.2, 0.25) is 18.1 Å². The fraction of sp³-hybridized carbons (Fsp3) is 0.522. The van der Waals surface area contributed by atoms with Crippen molar-refractivity contribution in [2.24, 2.45) is 5.11 Å². The van der Waals surface area contributed by atoms with Crippen LogP contribution in [0.4, 0.5) is 4.39 Å². The van der Waals surface area contributed by atoms with Crippen molar-refractivity contribution in [3.8, 4) is 5.88 Å². The lowest BCUT2D eigenvalue weighted by Gasteiger charge is -2.35. The Balaban J connectivity index is 1.93. The monoisotopic (exact) mass is 503 g/mol. The molecule has 1 aliphatic rings. The van der Waals surface area contributed by atoms with E-state index in [0.29, 0.717) is 0 Å². The van der Waals surface area contributed by atoms with Gasteiger partial charge in [-0.15, -0.1) is 0 Å². The molecule has 0 radical (unpaired) electrons. The number of hydrogen-bond donors (Lipinski definition) is 0. The number of ether oxygens (including phenoxy) is 2. The molecule has 0 aliphatic carbocycles. The highest BCUT2D eigenvalue weighted by molar-refractivity contribution is 6.74. The molecule has 1 saturated heterocycles. The van der Waals surface area contributed by atoms with E-state index in [9.17, 15) is 9.59 Å². The average Bonchev–Trinajstić information content (AvgIpc) is 3.05. The molecule has 2 aromatic rings. The van der Waals surface area contributed by atoms with Crippen LogP contribution in [-0.2, 0) is 9.47 Å². The molecule has 0 saturated carbocycles. The summed E-state index contributed by atoms with van der Waals surface area (Å²) in [7, 11) is -2.26. The highest BCUT2D eigenvalue weighted by Gasteiger charge is 2.58. The van der Waals surface area contributed by atoms with E-state index in [-0.39, 0.29) is 22.9 Å². The second kappa shape index (κ2) is 9.80. The van der Waals surface area contributed by atoms with Gasteiger partial charge in [-0.1, -0.05) is 51.0 Å². The third-order valence-corrected chi connectivity index (χ3v) is 10.9. The van der Waals surface area contributed by atoms with E-state index in [0.717, 1.165) is 4.57 Å². The molecular formula is C23H30FN5O5Si. The Morgan fingerprint density at radius 3 is 2.51 bits per heavy atom. The van der Waals surface area contributed by atoms with Gasteiger partial charge < -0.3 is 13.9 Å². The van der Waals surface area contributed by atoms with Gasteiger partial charge >= 0.3 is 11.7 Å². The minimum atomic E-state index is -2.26. The number of aromatic nitrogens is 2. The number of azide groups is 1. The highest BCUT2D eigenvalue weighted by Crippen LogP contribution is 2.44. The van der Waals surface area contributed by atoms with Crippen LogP contribution < -0.4 is 10.1 Å². The van der Waals surface area contributed by atoms with Gasteiger partial charge in [0.05, 0.1) is 5.56 Å². The fourth-order valence-electron chi connectivity index (χ4n) is 3.44. The van der Waals surface area contributed by atoms with E-state index in [1.807, 2.05) is 13.1 Å². The Morgan fingerprint density at radius 2 is 1.97 bits per heavy atom. The standard InChI is InChI=1S/C23H30FN5O5Si/c1-7-23(27-28-25)18(32-20(30)15-11-9-8-10-12-15)17(24)19(33-23)29-14-13-16(26-21(29)31)34-35(5,6)22(2,3)4/h8-14,17-19H,7H2,1-6H3/t17-,18-,19+,23+/m0/s1. The molecular weight excluding hydrogens is 473 g/mol. The molecule has 12 heteroatoms. The summed E-state index contributed by atoms with van der Waals surface area (Å²) in [6, 6.07) is 9.48. The van der Waals surface area contributed by atoms with Crippen LogP contribution in [0.5, 0.6) is 5.88 Å². The number of carbonyl (C=O) groups is 1. The maximum absolute atomic E-state index is 15.7. The Hall–Kier alpha value is -3.21. The first-order chi connectivity index (χ1) is 16.3. The number of nitrogens with zero attached hydrogens (tertiary/aromatic N) is 5. The van der Waals surface area contributed by atoms with Crippen LogP contribution in [0.25, 0.3) is 10.4 Å². The molecule has 0 N–H and O–H groups in total. The molecule has 0 amide bonds. The highest BCUT2D eigenvalue weighted by atomic mass is 28.4. The smallest absolute Gasteiger partial charge is 0.353 e. The summed E-state index contributed by atoms with van der Waals surface area (Å²) in [5.74, 6) is -0.674. The minimum Gasteiger partial charge on any atom is -0.530 e. The van der Waals surface area contributed by atoms with Crippen molar-refractivity contribution in [1.82, 2.24) is 9.55 Å². The number of esters is 1. The summed E-state index contributed by atoms with van der Waals surface area (Å²) in [6.07, 6.45) is -3.82. The molecule has 0 bridgehead atoms. The van der Waals surface area contributed by atoms with Gasteiger partial charge in [-0.05, 0) is 42.2 Å². The number of halogens is 1. The van der Waals surface area contributed by atoms with Gasteiger partial charge in [-0.2, -0.15) is 4.98 Å². The summed E-state index contributed by atoms with van der Waals surface area (Å²) < 4.78 is 33.9. The van der Waals surface area contributed by atoms with Gasteiger partial charge in [0, 0.05) is 17.2 Å². The van der Waals surface area contributed by atoms with Crippen molar-refractivity contribution in [2.45, 2.75) is 76.5 Å². The normalized spacial score (nSPS) is 24.5. The number of rotatable bonds is 7. The van der Waals surface area contributed by atoms with Gasteiger partial charge in [-0.25, -0.2) is 14.0 Å². The van der Waals surface area contributed by atoms with Crippen molar-refractivity contribution in [1.29, 1.82) is 0 Å². The summed E-state index contributed by atoms with van der Waals surface area (Å²) in [4.78, 5) is 32.2. The summed E-state index contributed by atoms with van der Waals surface area (Å²) in [5, 5.41) is 3.52. The second-order valence-corrected chi connectivity index (χ2v) is 14.6. The molecule has 3 rings (SSSR count). The molecule has 1 aromatic carbocycles. The third kappa shape index (κ3) is 5.24. The maximum Gasteiger partial charge on any atom is 0.353 e. The Kier molecular flexibility index (Phi) is 7.39. The first-order valence-electron chi connectivity index (χ1n) is 11.3. The van der Waals surface area contributed by atoms with Gasteiger partial charge in [0.1, 0.15) is 0 Å². The van der Waals surface area contributed by atoms with E-state index in [4.69, 9.17) is 19.4 Å². The van der Waals surface area contributed by atoms with E-state index in [2.05, 4.69) is 35.8 Å². The van der Waals surface area contributed by atoms with Crippen molar-refractivity contribution in [3.05, 3.63) is 69.1 Å². The van der Waals surface area contributed by atoms with E-state index in [1.54, 1.807) is 25.1 Å². The van der Waals surface area contributed by atoms with E-state index in [1.165, 1.54) is 24.4 Å². The predicted octanol–water partition coefficient (Wildman–Crippen LogP) is 5.14. The number of carbonyl (C=O) groups excluding carboxylic acids is 1. The van der Waals surface area contributed by atoms with E-state index >= 15 is 4.39 Å². The van der Waals surface area contributed by atoms with Crippen molar-refractivity contribution in [2.75, 3.05) is 0 Å². The van der Waals surface area contributed by atoms with Crippen LogP contribution >= 0.6 is 0 Å². The van der Waals surface area contributed by atoms with Gasteiger partial charge in [-0.3, -0.25) is 4.57 Å². The molecule has 0 spiro atoms. The molecule has 4 atom stereocenters. The van der Waals surface area contributed by atoms with Gasteiger partial charge in [0.2, 0.25) is 5.88 Å². The fourth-order valence-corrected chi connectivity index (χ4v) is 4.38. The van der Waals surface area contributed by atoms with E-state index < -0.39 is 44.2 Å². The Labute approximate surface area is 203 Å². The zero-order valence-electron chi connectivity index (χ0n) is 20.6. The van der Waals surface area contributed by atoms with Gasteiger partial charge in [0.15, 0.2) is 24.2 Å². The quantitative estimate of drug-likeness (QED) is 0.169. The summed E-state index contributed by atoms with van der Waals surface area (Å²) >= 11 is 0. The zero-order chi connectivity index (χ0) is 26.0. The minimum absolute atomic E-state index is 0.00450. The third-order valence-electron chi connectivity index (χ3n) is 6.54. The topological polar surface area (TPSA) is 128 Å². The lowest BCUT2D eigenvalue weighted by atomic mass is 10.0. The Bertz CT molecular complexity index is 1180. The second-order valence-electron chi connectivity index (χ2n) is 9.85. The zero-order valence-corrected chi connectivity index (χ0v) is 21.6. The first kappa shape index (κ1) is 26.4. The summed E-state index contributed by atoms with van der Waals surface area (Å²) in [6.45, 7) is 11.8. The molecule has 35 heavy (non-hydrogen) atoms. The van der Waals surface area contributed by atoms with Crippen LogP contribution in [-0.4, -0.2) is 41.8 Å². The molecule has 1 aliphatic heterocycles. The predicted molar refractivity (Wildman–Crippen MR) is 129 cm³/mol. The molecule has 2 heterocycles. The number of benzene rings is 1. The van der Waals surface area contributed by atoms with Crippen LogP contribution in [0.15, 0.2) is 52.5 Å². The number of hydrogen-bond acceptors (Lipinski definition) is 7. The lowest BCUT2D eigenvalue weighted by molar-refractivity contribution is -0.105. The average molecular weight is 504 g/mol. The van der Waals surface area contributed by atoms with Crippen molar-refractivity contribution >= 4 is 14.3 Å².